The lowest BCUT2D eigenvalue weighted by Gasteiger charge is -2.34. The van der Waals surface area contributed by atoms with Crippen LogP contribution in [0.25, 0.3) is 11.2 Å². The molecule has 0 spiro atoms. The highest BCUT2D eigenvalue weighted by Crippen LogP contribution is 2.23. The van der Waals surface area contributed by atoms with Gasteiger partial charge in [0.05, 0.1) is 6.54 Å². The van der Waals surface area contributed by atoms with Crippen molar-refractivity contribution in [1.82, 2.24) is 23.6 Å². The van der Waals surface area contributed by atoms with E-state index in [0.29, 0.717) is 23.0 Å². The van der Waals surface area contributed by atoms with E-state index in [0.717, 1.165) is 51.3 Å². The predicted molar refractivity (Wildman–Crippen MR) is 108 cm³/mol. The molecule has 2 atom stereocenters. The van der Waals surface area contributed by atoms with E-state index in [1.54, 1.807) is 14.1 Å². The zero-order valence-corrected chi connectivity index (χ0v) is 17.4. The van der Waals surface area contributed by atoms with Gasteiger partial charge >= 0.3 is 5.69 Å². The maximum absolute atomic E-state index is 12.8. The van der Waals surface area contributed by atoms with Gasteiger partial charge in [0.2, 0.25) is 0 Å². The number of hydrogen-bond acceptors (Lipinski definition) is 4. The summed E-state index contributed by atoms with van der Waals surface area (Å²) >= 11 is 0. The first-order valence-corrected chi connectivity index (χ1v) is 10.2. The molecule has 0 aliphatic carbocycles. The Hall–Kier alpha value is -1.89. The summed E-state index contributed by atoms with van der Waals surface area (Å²) in [5.74, 6) is 2.24. The molecule has 0 radical (unpaired) electrons. The SMILES string of the molecule is CCCCCn1c(CN2C[C@@H](C)C[C@H](C)C2)nc2c1c(=O)n(C)c(=O)n2C. The molecule has 1 fully saturated rings. The fourth-order valence-electron chi connectivity index (χ4n) is 4.49. The van der Waals surface area contributed by atoms with Crippen LogP contribution < -0.4 is 11.2 Å². The summed E-state index contributed by atoms with van der Waals surface area (Å²) in [4.78, 5) is 32.4. The highest BCUT2D eigenvalue weighted by molar-refractivity contribution is 5.71. The van der Waals surface area contributed by atoms with Crippen LogP contribution in [0.2, 0.25) is 0 Å². The van der Waals surface area contributed by atoms with Crippen LogP contribution in [0.15, 0.2) is 9.59 Å². The van der Waals surface area contributed by atoms with Gasteiger partial charge in [0.25, 0.3) is 5.56 Å². The Bertz CT molecular complexity index is 913. The summed E-state index contributed by atoms with van der Waals surface area (Å²) in [6, 6.07) is 0. The Morgan fingerprint density at radius 2 is 1.70 bits per heavy atom. The van der Waals surface area contributed by atoms with Crippen LogP contribution in [0.1, 0.15) is 52.3 Å². The van der Waals surface area contributed by atoms with Crippen molar-refractivity contribution in [2.75, 3.05) is 13.1 Å². The van der Waals surface area contributed by atoms with Gasteiger partial charge in [0.15, 0.2) is 11.2 Å². The number of imidazole rings is 1. The number of fused-ring (bicyclic) bond motifs is 1. The molecule has 7 heteroatoms. The number of piperidine rings is 1. The van der Waals surface area contributed by atoms with Crippen molar-refractivity contribution in [3.8, 4) is 0 Å². The van der Waals surface area contributed by atoms with Gasteiger partial charge < -0.3 is 4.57 Å². The molecule has 0 bridgehead atoms. The second-order valence-electron chi connectivity index (χ2n) is 8.40. The van der Waals surface area contributed by atoms with Gasteiger partial charge in [-0.05, 0) is 24.7 Å². The normalized spacial score (nSPS) is 21.2. The van der Waals surface area contributed by atoms with Crippen molar-refractivity contribution in [3.63, 3.8) is 0 Å². The standard InChI is InChI=1S/C20H33N5O2/c1-6-7-8-9-25-16(13-24-11-14(2)10-15(3)12-24)21-18-17(25)19(26)23(5)20(27)22(18)4/h14-15H,6-13H2,1-5H3/t14-,15-/m0/s1. The van der Waals surface area contributed by atoms with Crippen LogP contribution in [0.5, 0.6) is 0 Å². The second kappa shape index (κ2) is 8.00. The lowest BCUT2D eigenvalue weighted by molar-refractivity contribution is 0.130. The average molecular weight is 376 g/mol. The van der Waals surface area contributed by atoms with Crippen molar-refractivity contribution < 1.29 is 0 Å². The van der Waals surface area contributed by atoms with Gasteiger partial charge in [-0.15, -0.1) is 0 Å². The first kappa shape index (κ1) is 19.9. The number of aryl methyl sites for hydroxylation is 2. The molecular formula is C20H33N5O2. The highest BCUT2D eigenvalue weighted by Gasteiger charge is 2.25. The van der Waals surface area contributed by atoms with Crippen molar-refractivity contribution in [1.29, 1.82) is 0 Å². The van der Waals surface area contributed by atoms with Gasteiger partial charge in [-0.2, -0.15) is 0 Å². The van der Waals surface area contributed by atoms with E-state index in [1.165, 1.54) is 15.6 Å². The summed E-state index contributed by atoms with van der Waals surface area (Å²) in [7, 11) is 3.24. The summed E-state index contributed by atoms with van der Waals surface area (Å²) in [6.07, 6.45) is 4.51. The molecule has 0 saturated carbocycles. The van der Waals surface area contributed by atoms with E-state index in [4.69, 9.17) is 4.98 Å². The second-order valence-corrected chi connectivity index (χ2v) is 8.40. The fourth-order valence-corrected chi connectivity index (χ4v) is 4.49. The molecule has 0 unspecified atom stereocenters. The summed E-state index contributed by atoms with van der Waals surface area (Å²) in [5, 5.41) is 0. The molecule has 0 aromatic carbocycles. The molecule has 1 aliphatic rings. The Balaban J connectivity index is 2.06. The Kier molecular flexibility index (Phi) is 5.89. The van der Waals surface area contributed by atoms with Crippen molar-refractivity contribution >= 4 is 11.2 Å². The third kappa shape index (κ3) is 3.88. The van der Waals surface area contributed by atoms with E-state index >= 15 is 0 Å². The van der Waals surface area contributed by atoms with Crippen molar-refractivity contribution in [2.45, 2.75) is 59.5 Å². The first-order valence-electron chi connectivity index (χ1n) is 10.2. The van der Waals surface area contributed by atoms with Crippen LogP contribution in [-0.2, 0) is 27.2 Å². The van der Waals surface area contributed by atoms with E-state index in [-0.39, 0.29) is 11.2 Å². The summed E-state index contributed by atoms with van der Waals surface area (Å²) in [5.41, 5.74) is 0.498. The molecular weight excluding hydrogens is 342 g/mol. The van der Waals surface area contributed by atoms with Crippen LogP contribution in [0, 0.1) is 11.8 Å². The highest BCUT2D eigenvalue weighted by atomic mass is 16.2. The average Bonchev–Trinajstić information content (AvgIpc) is 2.96. The van der Waals surface area contributed by atoms with Crippen LogP contribution in [-0.4, -0.2) is 36.7 Å². The molecule has 150 valence electrons. The van der Waals surface area contributed by atoms with E-state index in [9.17, 15) is 9.59 Å². The van der Waals surface area contributed by atoms with E-state index < -0.39 is 0 Å². The maximum atomic E-state index is 12.8. The molecule has 0 amide bonds. The third-order valence-electron chi connectivity index (χ3n) is 5.72. The van der Waals surface area contributed by atoms with Crippen LogP contribution in [0.3, 0.4) is 0 Å². The van der Waals surface area contributed by atoms with E-state index in [2.05, 4.69) is 30.2 Å². The zero-order chi connectivity index (χ0) is 19.7. The van der Waals surface area contributed by atoms with E-state index in [1.807, 2.05) is 0 Å². The lowest BCUT2D eigenvalue weighted by Crippen LogP contribution is -2.39. The molecule has 3 rings (SSSR count). The molecule has 1 saturated heterocycles. The number of unbranched alkanes of at least 4 members (excludes halogenated alkanes) is 2. The number of hydrogen-bond donors (Lipinski definition) is 0. The summed E-state index contributed by atoms with van der Waals surface area (Å²) < 4.78 is 4.75. The topological polar surface area (TPSA) is 65.1 Å². The van der Waals surface area contributed by atoms with Gasteiger partial charge in [-0.25, -0.2) is 9.78 Å². The predicted octanol–water partition coefficient (Wildman–Crippen LogP) is 2.10. The van der Waals surface area contributed by atoms with Gasteiger partial charge in [0.1, 0.15) is 5.82 Å². The summed E-state index contributed by atoms with van der Waals surface area (Å²) in [6.45, 7) is 10.4. The third-order valence-corrected chi connectivity index (χ3v) is 5.72. The monoisotopic (exact) mass is 375 g/mol. The quantitative estimate of drug-likeness (QED) is 0.726. The van der Waals surface area contributed by atoms with Crippen molar-refractivity contribution in [3.05, 3.63) is 26.7 Å². The fraction of sp³-hybridized carbons (Fsp3) is 0.750. The van der Waals surface area contributed by atoms with Crippen LogP contribution >= 0.6 is 0 Å². The number of likely N-dealkylation sites (tertiary alicyclic amines) is 1. The first-order chi connectivity index (χ1) is 12.8. The Morgan fingerprint density at radius 3 is 2.33 bits per heavy atom. The van der Waals surface area contributed by atoms with Gasteiger partial charge in [-0.3, -0.25) is 18.8 Å². The van der Waals surface area contributed by atoms with Gasteiger partial charge in [-0.1, -0.05) is 33.6 Å². The zero-order valence-electron chi connectivity index (χ0n) is 17.4. The minimum atomic E-state index is -0.322. The molecule has 1 aliphatic heterocycles. The van der Waals surface area contributed by atoms with Gasteiger partial charge in [0, 0.05) is 33.7 Å². The largest absolute Gasteiger partial charge is 0.332 e. The molecule has 27 heavy (non-hydrogen) atoms. The minimum Gasteiger partial charge on any atom is -0.321 e. The molecule has 3 heterocycles. The molecule has 0 N–H and O–H groups in total. The number of rotatable bonds is 6. The Morgan fingerprint density at radius 1 is 1.04 bits per heavy atom. The number of aromatic nitrogens is 4. The molecule has 7 nitrogen and oxygen atoms in total. The lowest BCUT2D eigenvalue weighted by atomic mass is 9.92. The Labute approximate surface area is 160 Å². The molecule has 2 aromatic heterocycles. The number of nitrogens with zero attached hydrogens (tertiary/aromatic N) is 5. The maximum Gasteiger partial charge on any atom is 0.332 e. The van der Waals surface area contributed by atoms with Crippen LogP contribution in [0.4, 0.5) is 0 Å². The smallest absolute Gasteiger partial charge is 0.321 e. The minimum absolute atomic E-state index is 0.247. The molecule has 2 aromatic rings. The van der Waals surface area contributed by atoms with Crippen molar-refractivity contribution in [2.24, 2.45) is 25.9 Å².